The van der Waals surface area contributed by atoms with Crippen molar-refractivity contribution in [3.05, 3.63) is 98.5 Å². The Morgan fingerprint density at radius 3 is 1.75 bits per heavy atom. The minimum absolute atomic E-state index is 0.320. The number of amides is 3. The Kier molecular flexibility index (Phi) is 5.37. The Morgan fingerprint density at radius 2 is 1.33 bits per heavy atom. The van der Waals surface area contributed by atoms with E-state index in [1.165, 1.54) is 6.92 Å². The van der Waals surface area contributed by atoms with Crippen LogP contribution in [0.15, 0.2) is 71.2 Å². The van der Waals surface area contributed by atoms with E-state index in [2.05, 4.69) is 21.2 Å². The molecule has 36 heavy (non-hydrogen) atoms. The minimum atomic E-state index is -1.29. The molecule has 0 unspecified atom stereocenters. The standard InChI is InChI=1S/C27H18BrCl3N2O3/c1-13(23(34)32-20-11-10-14(28)12-19(20)29)33-24(35)21-22(25(33)36)27(31)16-7-3-2-6-15(16)26(21,30)17-8-4-5-9-18(17)27/h2-13,21-22H,1H3,(H,32,34)/t13-,21-,22+,26?,27?/m0/s1. The van der Waals surface area contributed by atoms with Gasteiger partial charge in [-0.3, -0.25) is 19.3 Å². The number of nitrogens with one attached hydrogen (secondary N) is 1. The van der Waals surface area contributed by atoms with Gasteiger partial charge in [-0.2, -0.15) is 0 Å². The Balaban J connectivity index is 1.44. The van der Waals surface area contributed by atoms with E-state index in [4.69, 9.17) is 34.8 Å². The number of alkyl halides is 2. The highest BCUT2D eigenvalue weighted by Gasteiger charge is 2.73. The number of hydrogen-bond acceptors (Lipinski definition) is 3. The third kappa shape index (κ3) is 2.93. The molecule has 0 saturated carbocycles. The molecule has 1 N–H and O–H groups in total. The quantitative estimate of drug-likeness (QED) is 0.294. The number of likely N-dealkylation sites (tertiary alicyclic amines) is 1. The minimum Gasteiger partial charge on any atom is -0.323 e. The van der Waals surface area contributed by atoms with Crippen molar-refractivity contribution in [2.24, 2.45) is 11.8 Å². The van der Waals surface area contributed by atoms with E-state index in [0.717, 1.165) is 9.37 Å². The van der Waals surface area contributed by atoms with Crippen LogP contribution in [0, 0.1) is 11.8 Å². The number of nitrogens with zero attached hydrogens (tertiary/aromatic N) is 1. The van der Waals surface area contributed by atoms with E-state index in [0.29, 0.717) is 33.0 Å². The van der Waals surface area contributed by atoms with E-state index < -0.39 is 45.3 Å². The molecule has 1 heterocycles. The second-order valence-corrected chi connectivity index (χ2v) is 11.8. The molecule has 0 radical (unpaired) electrons. The molecule has 1 saturated heterocycles. The van der Waals surface area contributed by atoms with Crippen LogP contribution in [0.1, 0.15) is 29.2 Å². The van der Waals surface area contributed by atoms with Gasteiger partial charge < -0.3 is 5.32 Å². The molecule has 3 aromatic carbocycles. The van der Waals surface area contributed by atoms with Gasteiger partial charge in [-0.25, -0.2) is 0 Å². The van der Waals surface area contributed by atoms with Gasteiger partial charge in [-0.15, -0.1) is 23.2 Å². The summed E-state index contributed by atoms with van der Waals surface area (Å²) < 4.78 is 0.752. The summed E-state index contributed by atoms with van der Waals surface area (Å²) in [6.07, 6.45) is 0. The highest BCUT2D eigenvalue weighted by Crippen LogP contribution is 2.69. The van der Waals surface area contributed by atoms with E-state index >= 15 is 0 Å². The normalized spacial score (nSPS) is 28.4. The van der Waals surface area contributed by atoms with Crippen LogP contribution in [0.5, 0.6) is 0 Å². The van der Waals surface area contributed by atoms with Gasteiger partial charge in [0.05, 0.1) is 22.5 Å². The van der Waals surface area contributed by atoms with Crippen molar-refractivity contribution in [1.82, 2.24) is 4.90 Å². The molecular formula is C27H18BrCl3N2O3. The lowest BCUT2D eigenvalue weighted by Gasteiger charge is -2.54. The van der Waals surface area contributed by atoms with Crippen molar-refractivity contribution in [2.45, 2.75) is 22.7 Å². The van der Waals surface area contributed by atoms with Gasteiger partial charge in [0.1, 0.15) is 15.8 Å². The summed E-state index contributed by atoms with van der Waals surface area (Å²) >= 11 is 24.4. The van der Waals surface area contributed by atoms with Gasteiger partial charge in [0.2, 0.25) is 17.7 Å². The molecule has 3 amide bonds. The zero-order valence-electron chi connectivity index (χ0n) is 18.8. The van der Waals surface area contributed by atoms with Crippen LogP contribution in [-0.4, -0.2) is 28.7 Å². The zero-order chi connectivity index (χ0) is 25.6. The summed E-state index contributed by atoms with van der Waals surface area (Å²) in [5.41, 5.74) is 3.22. The molecule has 1 aliphatic heterocycles. The predicted molar refractivity (Wildman–Crippen MR) is 142 cm³/mol. The van der Waals surface area contributed by atoms with Crippen molar-refractivity contribution >= 4 is 74.1 Å². The summed E-state index contributed by atoms with van der Waals surface area (Å²) in [6.45, 7) is 1.51. The summed E-state index contributed by atoms with van der Waals surface area (Å²) in [5, 5.41) is 3.04. The number of anilines is 1. The predicted octanol–water partition coefficient (Wildman–Crippen LogP) is 6.02. The van der Waals surface area contributed by atoms with Gasteiger partial charge in [0.15, 0.2) is 0 Å². The third-order valence-corrected chi connectivity index (χ3v) is 9.67. The first-order valence-corrected chi connectivity index (χ1v) is 13.2. The lowest BCUT2D eigenvalue weighted by atomic mass is 9.54. The number of rotatable bonds is 3. The van der Waals surface area contributed by atoms with Crippen molar-refractivity contribution in [1.29, 1.82) is 0 Å². The number of benzene rings is 3. The van der Waals surface area contributed by atoms with Gasteiger partial charge in [0.25, 0.3) is 0 Å². The fraction of sp³-hybridized carbons (Fsp3) is 0.222. The molecule has 3 aliphatic carbocycles. The SMILES string of the molecule is C[C@@H](C(=O)Nc1ccc(Br)cc1Cl)N1C(=O)[C@@H]2[C@H](C1=O)C1(Cl)c3ccccc3C2(Cl)c2ccccc21. The molecule has 3 aromatic rings. The Hall–Kier alpha value is -2.38. The second kappa shape index (κ2) is 8.06. The third-order valence-electron chi connectivity index (χ3n) is 7.58. The highest BCUT2D eigenvalue weighted by molar-refractivity contribution is 9.10. The molecule has 5 nitrogen and oxygen atoms in total. The first kappa shape index (κ1) is 24.0. The van der Waals surface area contributed by atoms with Crippen molar-refractivity contribution in [3.63, 3.8) is 0 Å². The number of imide groups is 1. The van der Waals surface area contributed by atoms with Gasteiger partial charge in [-0.05, 0) is 47.4 Å². The summed E-state index contributed by atoms with van der Waals surface area (Å²) in [6, 6.07) is 18.7. The Bertz CT molecular complexity index is 1370. The van der Waals surface area contributed by atoms with Gasteiger partial charge in [-0.1, -0.05) is 76.1 Å². The highest BCUT2D eigenvalue weighted by atomic mass is 79.9. The smallest absolute Gasteiger partial charge is 0.247 e. The average Bonchev–Trinajstić information content (AvgIpc) is 3.14. The lowest BCUT2D eigenvalue weighted by molar-refractivity contribution is -0.146. The summed E-state index contributed by atoms with van der Waals surface area (Å²) in [4.78, 5) is 39.6. The largest absolute Gasteiger partial charge is 0.323 e. The van der Waals surface area contributed by atoms with Crippen LogP contribution < -0.4 is 5.32 Å². The maximum Gasteiger partial charge on any atom is 0.247 e. The Labute approximate surface area is 230 Å². The van der Waals surface area contributed by atoms with Gasteiger partial charge >= 0.3 is 0 Å². The van der Waals surface area contributed by atoms with Crippen LogP contribution in [0.25, 0.3) is 0 Å². The zero-order valence-corrected chi connectivity index (χ0v) is 22.6. The van der Waals surface area contributed by atoms with E-state index in [-0.39, 0.29) is 0 Å². The van der Waals surface area contributed by atoms with E-state index in [9.17, 15) is 14.4 Å². The fourth-order valence-corrected chi connectivity index (χ4v) is 7.83. The number of carbonyl (C=O) groups is 3. The topological polar surface area (TPSA) is 66.5 Å². The average molecular weight is 605 g/mol. The molecule has 0 aromatic heterocycles. The van der Waals surface area contributed by atoms with E-state index in [1.807, 2.05) is 48.5 Å². The molecule has 2 bridgehead atoms. The lowest BCUT2D eigenvalue weighted by Crippen LogP contribution is -2.57. The second-order valence-electron chi connectivity index (χ2n) is 9.31. The molecular weight excluding hydrogens is 587 g/mol. The number of carbonyl (C=O) groups excluding carboxylic acids is 3. The van der Waals surface area contributed by atoms with Crippen LogP contribution in [0.4, 0.5) is 5.69 Å². The molecule has 9 heteroatoms. The van der Waals surface area contributed by atoms with Crippen LogP contribution in [0.3, 0.4) is 0 Å². The van der Waals surface area contributed by atoms with Crippen molar-refractivity contribution in [3.8, 4) is 0 Å². The Morgan fingerprint density at radius 1 is 0.889 bits per heavy atom. The number of hydrogen-bond donors (Lipinski definition) is 1. The fourth-order valence-electron chi connectivity index (χ4n) is 6.02. The molecule has 3 atom stereocenters. The molecule has 4 aliphatic rings. The summed E-state index contributed by atoms with van der Waals surface area (Å²) in [7, 11) is 0. The molecule has 7 rings (SSSR count). The first-order valence-electron chi connectivity index (χ1n) is 11.3. The van der Waals surface area contributed by atoms with Crippen LogP contribution in [0.2, 0.25) is 5.02 Å². The molecule has 0 spiro atoms. The number of halogens is 4. The van der Waals surface area contributed by atoms with Crippen LogP contribution >= 0.6 is 50.7 Å². The molecule has 1 fully saturated rings. The van der Waals surface area contributed by atoms with E-state index in [1.54, 1.807) is 18.2 Å². The monoisotopic (exact) mass is 602 g/mol. The van der Waals surface area contributed by atoms with Gasteiger partial charge in [0, 0.05) is 4.47 Å². The van der Waals surface area contributed by atoms with Crippen LogP contribution in [-0.2, 0) is 24.1 Å². The molecule has 182 valence electrons. The first-order chi connectivity index (χ1) is 17.1. The van der Waals surface area contributed by atoms with Crippen molar-refractivity contribution in [2.75, 3.05) is 5.32 Å². The summed E-state index contributed by atoms with van der Waals surface area (Å²) in [5.74, 6) is -3.49. The maximum atomic E-state index is 14.0. The van der Waals surface area contributed by atoms with Crippen molar-refractivity contribution < 1.29 is 14.4 Å². The maximum absolute atomic E-state index is 14.0.